The Morgan fingerprint density at radius 2 is 2.33 bits per heavy atom. The van der Waals surface area contributed by atoms with E-state index < -0.39 is 0 Å². The lowest BCUT2D eigenvalue weighted by molar-refractivity contribution is 0.490. The van der Waals surface area contributed by atoms with Crippen molar-refractivity contribution in [2.24, 2.45) is 0 Å². The Kier molecular flexibility index (Phi) is 3.42. The van der Waals surface area contributed by atoms with E-state index in [0.717, 1.165) is 11.5 Å². The monoisotopic (exact) mass is 184 g/mol. The van der Waals surface area contributed by atoms with Crippen LogP contribution in [0.4, 0.5) is 0 Å². The molecule has 2 nitrogen and oxygen atoms in total. The molecule has 1 N–H and O–H groups in total. The highest BCUT2D eigenvalue weighted by Crippen LogP contribution is 2.23. The predicted molar refractivity (Wildman–Crippen MR) is 53.2 cm³/mol. The zero-order valence-corrected chi connectivity index (χ0v) is 8.58. The summed E-state index contributed by atoms with van der Waals surface area (Å²) < 4.78 is 0. The molecule has 0 amide bonds. The standard InChI is InChI=1S/C9H16N2S/c1-3-12-7-9(2,6-10)11-8-4-5-8/h8,11H,3-5,7H2,1-2H3. The van der Waals surface area contributed by atoms with Gasteiger partial charge in [0.2, 0.25) is 0 Å². The quantitative estimate of drug-likeness (QED) is 0.707. The van der Waals surface area contributed by atoms with Gasteiger partial charge in [-0.15, -0.1) is 0 Å². The molecule has 1 aliphatic carbocycles. The van der Waals surface area contributed by atoms with Crippen LogP contribution in [-0.2, 0) is 0 Å². The maximum atomic E-state index is 8.96. The number of hydrogen-bond donors (Lipinski definition) is 1. The summed E-state index contributed by atoms with van der Waals surface area (Å²) in [6.07, 6.45) is 2.49. The lowest BCUT2D eigenvalue weighted by atomic mass is 10.1. The average Bonchev–Trinajstić information content (AvgIpc) is 2.85. The Morgan fingerprint density at radius 1 is 1.67 bits per heavy atom. The van der Waals surface area contributed by atoms with Crippen molar-refractivity contribution in [1.29, 1.82) is 5.26 Å². The lowest BCUT2D eigenvalue weighted by Gasteiger charge is -2.22. The predicted octanol–water partition coefficient (Wildman–Crippen LogP) is 1.77. The highest BCUT2D eigenvalue weighted by molar-refractivity contribution is 7.99. The van der Waals surface area contributed by atoms with Crippen molar-refractivity contribution in [3.8, 4) is 6.07 Å². The fourth-order valence-corrected chi connectivity index (χ4v) is 1.85. The fourth-order valence-electron chi connectivity index (χ4n) is 1.09. The van der Waals surface area contributed by atoms with E-state index in [2.05, 4.69) is 18.3 Å². The third-order valence-corrected chi connectivity index (χ3v) is 3.13. The first-order valence-electron chi connectivity index (χ1n) is 4.47. The van der Waals surface area contributed by atoms with Gasteiger partial charge in [-0.3, -0.25) is 5.32 Å². The minimum Gasteiger partial charge on any atom is -0.296 e. The normalized spacial score (nSPS) is 21.4. The molecule has 0 spiro atoms. The Labute approximate surface area is 78.7 Å². The molecule has 0 aromatic carbocycles. The molecule has 12 heavy (non-hydrogen) atoms. The third-order valence-electron chi connectivity index (χ3n) is 1.94. The fraction of sp³-hybridized carbons (Fsp3) is 0.889. The van der Waals surface area contributed by atoms with Gasteiger partial charge in [0, 0.05) is 11.8 Å². The SMILES string of the molecule is CCSCC(C)(C#N)NC1CC1. The molecule has 1 unspecified atom stereocenters. The van der Waals surface area contributed by atoms with E-state index in [1.165, 1.54) is 12.8 Å². The summed E-state index contributed by atoms with van der Waals surface area (Å²) in [7, 11) is 0. The van der Waals surface area contributed by atoms with E-state index in [1.807, 2.05) is 18.7 Å². The van der Waals surface area contributed by atoms with Crippen LogP contribution < -0.4 is 5.32 Å². The van der Waals surface area contributed by atoms with Gasteiger partial charge in [0.25, 0.3) is 0 Å². The van der Waals surface area contributed by atoms with Crippen molar-refractivity contribution < 1.29 is 0 Å². The number of thioether (sulfide) groups is 1. The second kappa shape index (κ2) is 4.15. The number of nitrogens with one attached hydrogen (secondary N) is 1. The maximum Gasteiger partial charge on any atom is 0.113 e. The second-order valence-electron chi connectivity index (χ2n) is 3.50. The van der Waals surface area contributed by atoms with Crippen molar-refractivity contribution in [2.75, 3.05) is 11.5 Å². The van der Waals surface area contributed by atoms with E-state index in [-0.39, 0.29) is 5.54 Å². The highest BCUT2D eigenvalue weighted by atomic mass is 32.2. The smallest absolute Gasteiger partial charge is 0.113 e. The first kappa shape index (κ1) is 9.88. The van der Waals surface area contributed by atoms with E-state index in [0.29, 0.717) is 6.04 Å². The molecule has 0 bridgehead atoms. The number of nitrogens with zero attached hydrogens (tertiary/aromatic N) is 1. The van der Waals surface area contributed by atoms with E-state index in [4.69, 9.17) is 5.26 Å². The zero-order valence-electron chi connectivity index (χ0n) is 7.76. The van der Waals surface area contributed by atoms with Gasteiger partial charge >= 0.3 is 0 Å². The molecule has 68 valence electrons. The van der Waals surface area contributed by atoms with Crippen LogP contribution >= 0.6 is 11.8 Å². The molecule has 1 rings (SSSR count). The van der Waals surface area contributed by atoms with Crippen LogP contribution in [0.2, 0.25) is 0 Å². The van der Waals surface area contributed by atoms with Crippen LogP contribution in [0.25, 0.3) is 0 Å². The molecule has 1 aliphatic rings. The molecule has 3 heteroatoms. The maximum absolute atomic E-state index is 8.96. The molecular formula is C9H16N2S. The van der Waals surface area contributed by atoms with E-state index in [9.17, 15) is 0 Å². The van der Waals surface area contributed by atoms with Crippen molar-refractivity contribution in [2.45, 2.75) is 38.3 Å². The van der Waals surface area contributed by atoms with Crippen LogP contribution in [0.1, 0.15) is 26.7 Å². The Bertz CT molecular complexity index is 183. The summed E-state index contributed by atoms with van der Waals surface area (Å²) in [5.41, 5.74) is -0.304. The van der Waals surface area contributed by atoms with Crippen molar-refractivity contribution in [3.05, 3.63) is 0 Å². The zero-order chi connectivity index (χ0) is 9.03. The molecule has 1 atom stereocenters. The third kappa shape index (κ3) is 3.04. The minimum absolute atomic E-state index is 0.304. The Hall–Kier alpha value is -0.200. The molecule has 0 aliphatic heterocycles. The second-order valence-corrected chi connectivity index (χ2v) is 4.77. The summed E-state index contributed by atoms with van der Waals surface area (Å²) >= 11 is 1.82. The van der Waals surface area contributed by atoms with E-state index >= 15 is 0 Å². The van der Waals surface area contributed by atoms with Gasteiger partial charge in [-0.1, -0.05) is 6.92 Å². The van der Waals surface area contributed by atoms with Gasteiger partial charge in [-0.2, -0.15) is 17.0 Å². The number of nitriles is 1. The van der Waals surface area contributed by atoms with Crippen molar-refractivity contribution >= 4 is 11.8 Å². The first-order valence-corrected chi connectivity index (χ1v) is 5.62. The Morgan fingerprint density at radius 3 is 2.75 bits per heavy atom. The summed E-state index contributed by atoms with van der Waals surface area (Å²) in [4.78, 5) is 0. The van der Waals surface area contributed by atoms with Crippen LogP contribution in [0.5, 0.6) is 0 Å². The molecule has 0 radical (unpaired) electrons. The number of hydrogen-bond acceptors (Lipinski definition) is 3. The van der Waals surface area contributed by atoms with Crippen molar-refractivity contribution in [3.63, 3.8) is 0 Å². The molecule has 0 aromatic heterocycles. The largest absolute Gasteiger partial charge is 0.296 e. The van der Waals surface area contributed by atoms with Gasteiger partial charge in [0.15, 0.2) is 0 Å². The average molecular weight is 184 g/mol. The van der Waals surface area contributed by atoms with E-state index in [1.54, 1.807) is 0 Å². The molecule has 0 aromatic rings. The number of rotatable bonds is 5. The first-order chi connectivity index (χ1) is 5.70. The van der Waals surface area contributed by atoms with Gasteiger partial charge < -0.3 is 0 Å². The van der Waals surface area contributed by atoms with Gasteiger partial charge in [-0.05, 0) is 25.5 Å². The summed E-state index contributed by atoms with van der Waals surface area (Å²) in [6, 6.07) is 2.97. The molecule has 0 heterocycles. The summed E-state index contributed by atoms with van der Waals surface area (Å²) in [5.74, 6) is 1.99. The minimum atomic E-state index is -0.304. The highest BCUT2D eigenvalue weighted by Gasteiger charge is 2.31. The van der Waals surface area contributed by atoms with Gasteiger partial charge in [0.05, 0.1) is 6.07 Å². The van der Waals surface area contributed by atoms with Gasteiger partial charge in [-0.25, -0.2) is 0 Å². The molecule has 1 saturated carbocycles. The summed E-state index contributed by atoms with van der Waals surface area (Å²) in [5, 5.41) is 12.3. The van der Waals surface area contributed by atoms with Crippen LogP contribution in [0, 0.1) is 11.3 Å². The Balaban J connectivity index is 2.32. The van der Waals surface area contributed by atoms with Crippen LogP contribution in [0.15, 0.2) is 0 Å². The lowest BCUT2D eigenvalue weighted by Crippen LogP contribution is -2.44. The van der Waals surface area contributed by atoms with Gasteiger partial charge in [0.1, 0.15) is 5.54 Å². The molecular weight excluding hydrogens is 168 g/mol. The molecule has 0 saturated heterocycles. The summed E-state index contributed by atoms with van der Waals surface area (Å²) in [6.45, 7) is 4.12. The van der Waals surface area contributed by atoms with Crippen molar-refractivity contribution in [1.82, 2.24) is 5.32 Å². The van der Waals surface area contributed by atoms with Crippen LogP contribution in [-0.4, -0.2) is 23.1 Å². The molecule has 1 fully saturated rings. The topological polar surface area (TPSA) is 35.8 Å². The van der Waals surface area contributed by atoms with Crippen LogP contribution in [0.3, 0.4) is 0 Å².